The first-order chi connectivity index (χ1) is 14.7. The monoisotopic (exact) mass is 466 g/mol. The number of likely N-dealkylation sites (tertiary alicyclic amines) is 1. The Morgan fingerprint density at radius 2 is 1.90 bits per heavy atom. The number of thiazole rings is 1. The van der Waals surface area contributed by atoms with Gasteiger partial charge in [0.2, 0.25) is 0 Å². The molecule has 31 heavy (non-hydrogen) atoms. The highest BCUT2D eigenvalue weighted by molar-refractivity contribution is 7.91. The molecular formula is C22H21F3N2O2S2. The quantitative estimate of drug-likeness (QED) is 0.506. The van der Waals surface area contributed by atoms with E-state index in [1.807, 2.05) is 29.6 Å². The van der Waals surface area contributed by atoms with Gasteiger partial charge in [-0.25, -0.2) is 13.4 Å². The van der Waals surface area contributed by atoms with Crippen molar-refractivity contribution in [3.63, 3.8) is 0 Å². The molecule has 0 saturated carbocycles. The Morgan fingerprint density at radius 3 is 2.58 bits per heavy atom. The average molecular weight is 467 g/mol. The van der Waals surface area contributed by atoms with Crippen LogP contribution in [0.25, 0.3) is 10.6 Å². The summed E-state index contributed by atoms with van der Waals surface area (Å²) in [6.45, 7) is 2.07. The average Bonchev–Trinajstić information content (AvgIpc) is 3.40. The van der Waals surface area contributed by atoms with E-state index < -0.39 is 21.6 Å². The number of aromatic nitrogens is 1. The van der Waals surface area contributed by atoms with Crippen LogP contribution in [0.4, 0.5) is 13.2 Å². The second-order valence-electron chi connectivity index (χ2n) is 7.73. The van der Waals surface area contributed by atoms with E-state index in [2.05, 4.69) is 9.88 Å². The molecule has 1 aliphatic heterocycles. The topological polar surface area (TPSA) is 50.3 Å². The Bertz CT molecular complexity index is 1130. The van der Waals surface area contributed by atoms with Gasteiger partial charge in [0.1, 0.15) is 5.01 Å². The summed E-state index contributed by atoms with van der Waals surface area (Å²) >= 11 is 1.58. The van der Waals surface area contributed by atoms with Gasteiger partial charge in [-0.2, -0.15) is 13.2 Å². The van der Waals surface area contributed by atoms with E-state index in [0.717, 1.165) is 40.9 Å². The van der Waals surface area contributed by atoms with Crippen LogP contribution in [-0.2, 0) is 22.6 Å². The van der Waals surface area contributed by atoms with Gasteiger partial charge in [-0.1, -0.05) is 30.3 Å². The molecule has 0 amide bonds. The molecular weight excluding hydrogens is 445 g/mol. The van der Waals surface area contributed by atoms with E-state index in [1.165, 1.54) is 6.07 Å². The zero-order valence-corrected chi connectivity index (χ0v) is 18.2. The Morgan fingerprint density at radius 1 is 1.13 bits per heavy atom. The molecule has 4 nitrogen and oxygen atoms in total. The molecule has 1 atom stereocenters. The fourth-order valence-electron chi connectivity index (χ4n) is 3.84. The molecule has 0 radical (unpaired) electrons. The van der Waals surface area contributed by atoms with E-state index in [0.29, 0.717) is 19.5 Å². The zero-order valence-electron chi connectivity index (χ0n) is 16.5. The minimum absolute atomic E-state index is 0.103. The number of hydrogen-bond acceptors (Lipinski definition) is 5. The van der Waals surface area contributed by atoms with Gasteiger partial charge in [-0.05, 0) is 42.6 Å². The molecule has 2 heterocycles. The second kappa shape index (κ2) is 8.72. The van der Waals surface area contributed by atoms with Crippen molar-refractivity contribution in [2.45, 2.75) is 24.0 Å². The molecule has 0 unspecified atom stereocenters. The number of hydrogen-bond donors (Lipinski definition) is 0. The van der Waals surface area contributed by atoms with Crippen molar-refractivity contribution < 1.29 is 21.6 Å². The number of alkyl halides is 3. The summed E-state index contributed by atoms with van der Waals surface area (Å²) in [4.78, 5) is 6.22. The summed E-state index contributed by atoms with van der Waals surface area (Å²) in [6, 6.07) is 12.1. The SMILES string of the molecule is O=S(=O)(C[C@@H]1CCN(Cc2ccc(-c3nccs3)cc2)C1)c1cccc(C(F)(F)F)c1. The van der Waals surface area contributed by atoms with Crippen LogP contribution in [-0.4, -0.2) is 37.1 Å². The summed E-state index contributed by atoms with van der Waals surface area (Å²) in [6.07, 6.45) is -2.09. The van der Waals surface area contributed by atoms with Crippen molar-refractivity contribution in [3.05, 3.63) is 71.2 Å². The van der Waals surface area contributed by atoms with E-state index >= 15 is 0 Å². The van der Waals surface area contributed by atoms with Crippen molar-refractivity contribution in [1.29, 1.82) is 0 Å². The Labute approximate surface area is 183 Å². The first-order valence-electron chi connectivity index (χ1n) is 9.82. The lowest BCUT2D eigenvalue weighted by Crippen LogP contribution is -2.23. The highest BCUT2D eigenvalue weighted by atomic mass is 32.2. The lowest BCUT2D eigenvalue weighted by Gasteiger charge is -2.17. The van der Waals surface area contributed by atoms with Crippen molar-refractivity contribution in [2.75, 3.05) is 18.8 Å². The predicted octanol–water partition coefficient (Wildman–Crippen LogP) is 5.12. The van der Waals surface area contributed by atoms with Crippen LogP contribution in [0.2, 0.25) is 0 Å². The number of nitrogens with zero attached hydrogens (tertiary/aromatic N) is 2. The Balaban J connectivity index is 1.37. The van der Waals surface area contributed by atoms with Crippen LogP contribution < -0.4 is 0 Å². The van der Waals surface area contributed by atoms with Crippen molar-refractivity contribution in [1.82, 2.24) is 9.88 Å². The fraction of sp³-hybridized carbons (Fsp3) is 0.318. The van der Waals surface area contributed by atoms with Crippen LogP contribution in [0, 0.1) is 5.92 Å². The maximum Gasteiger partial charge on any atom is 0.416 e. The number of benzene rings is 2. The molecule has 0 aliphatic carbocycles. The molecule has 1 aromatic heterocycles. The van der Waals surface area contributed by atoms with Crippen LogP contribution in [0.1, 0.15) is 17.5 Å². The van der Waals surface area contributed by atoms with Crippen LogP contribution in [0.5, 0.6) is 0 Å². The van der Waals surface area contributed by atoms with Gasteiger partial charge in [-0.15, -0.1) is 11.3 Å². The maximum atomic E-state index is 12.9. The third kappa shape index (κ3) is 5.34. The summed E-state index contributed by atoms with van der Waals surface area (Å²) in [7, 11) is -3.79. The Hall–Kier alpha value is -2.23. The standard InChI is InChI=1S/C22H21F3N2O2S2/c23-22(24,25)19-2-1-3-20(12-19)31(28,29)15-17-8-10-27(14-17)13-16-4-6-18(7-5-16)21-26-9-11-30-21/h1-7,9,11-12,17H,8,10,13-15H2/t17-/m1/s1. The van der Waals surface area contributed by atoms with Gasteiger partial charge >= 0.3 is 6.18 Å². The first-order valence-corrected chi connectivity index (χ1v) is 12.3. The third-order valence-electron chi connectivity index (χ3n) is 5.38. The highest BCUT2D eigenvalue weighted by Gasteiger charge is 2.33. The van der Waals surface area contributed by atoms with E-state index in [1.54, 1.807) is 17.5 Å². The minimum Gasteiger partial charge on any atom is -0.299 e. The molecule has 1 fully saturated rings. The Kier molecular flexibility index (Phi) is 6.18. The first kappa shape index (κ1) is 22.0. The van der Waals surface area contributed by atoms with Crippen molar-refractivity contribution in [2.24, 2.45) is 5.92 Å². The fourth-order valence-corrected chi connectivity index (χ4v) is 6.16. The van der Waals surface area contributed by atoms with Crippen LogP contribution >= 0.6 is 11.3 Å². The molecule has 0 bridgehead atoms. The zero-order chi connectivity index (χ0) is 22.1. The lowest BCUT2D eigenvalue weighted by molar-refractivity contribution is -0.137. The largest absolute Gasteiger partial charge is 0.416 e. The predicted molar refractivity (Wildman–Crippen MR) is 114 cm³/mol. The maximum absolute atomic E-state index is 12.9. The van der Waals surface area contributed by atoms with Gasteiger partial charge in [-0.3, -0.25) is 4.90 Å². The molecule has 1 aliphatic rings. The third-order valence-corrected chi connectivity index (χ3v) is 8.09. The van der Waals surface area contributed by atoms with Crippen molar-refractivity contribution in [3.8, 4) is 10.6 Å². The van der Waals surface area contributed by atoms with E-state index in [4.69, 9.17) is 0 Å². The smallest absolute Gasteiger partial charge is 0.299 e. The van der Waals surface area contributed by atoms with Gasteiger partial charge < -0.3 is 0 Å². The molecule has 4 rings (SSSR count). The molecule has 3 aromatic rings. The lowest BCUT2D eigenvalue weighted by atomic mass is 10.1. The number of halogens is 3. The van der Waals surface area contributed by atoms with Gasteiger partial charge in [0.05, 0.1) is 16.2 Å². The van der Waals surface area contributed by atoms with E-state index in [9.17, 15) is 21.6 Å². The van der Waals surface area contributed by atoms with Crippen molar-refractivity contribution >= 4 is 21.2 Å². The van der Waals surface area contributed by atoms with Crippen LogP contribution in [0.15, 0.2) is 65.0 Å². The van der Waals surface area contributed by atoms with E-state index in [-0.39, 0.29) is 16.6 Å². The summed E-state index contributed by atoms with van der Waals surface area (Å²) in [5.41, 5.74) is 1.25. The number of rotatable bonds is 6. The summed E-state index contributed by atoms with van der Waals surface area (Å²) in [5.74, 6) is -0.248. The number of sulfone groups is 1. The summed E-state index contributed by atoms with van der Waals surface area (Å²) in [5, 5.41) is 2.90. The molecule has 9 heteroatoms. The van der Waals surface area contributed by atoms with Gasteiger partial charge in [0.25, 0.3) is 0 Å². The molecule has 1 saturated heterocycles. The highest BCUT2D eigenvalue weighted by Crippen LogP contribution is 2.31. The normalized spacial score (nSPS) is 17.8. The minimum atomic E-state index is -4.56. The second-order valence-corrected chi connectivity index (χ2v) is 10.7. The van der Waals surface area contributed by atoms with Gasteiger partial charge in [0, 0.05) is 30.2 Å². The molecule has 0 N–H and O–H groups in total. The van der Waals surface area contributed by atoms with Gasteiger partial charge in [0.15, 0.2) is 9.84 Å². The molecule has 0 spiro atoms. The van der Waals surface area contributed by atoms with Crippen LogP contribution in [0.3, 0.4) is 0 Å². The summed E-state index contributed by atoms with van der Waals surface area (Å²) < 4.78 is 64.1. The molecule has 164 valence electrons. The molecule has 2 aromatic carbocycles.